The summed E-state index contributed by atoms with van der Waals surface area (Å²) in [5.74, 6) is 1.35. The highest BCUT2D eigenvalue weighted by atomic mass is 16.3. The SMILES string of the molecule is O=Cc1ccc([C@@H](C2CCCC2)[C@H]2C[C@@H](CN[C@H]3CC[C@@H](O)C34CCCC4)[C@@]3(O)CN23)cc1. The Kier molecular flexibility index (Phi) is 5.68. The molecule has 5 fully saturated rings. The minimum Gasteiger partial charge on any atom is -0.392 e. The molecule has 3 saturated carbocycles. The molecule has 0 bridgehead atoms. The predicted octanol–water partition coefficient (Wildman–Crippen LogP) is 3.84. The molecule has 7 atom stereocenters. The van der Waals surface area contributed by atoms with E-state index in [1.54, 1.807) is 0 Å². The van der Waals surface area contributed by atoms with Crippen LogP contribution in [0.15, 0.2) is 24.3 Å². The summed E-state index contributed by atoms with van der Waals surface area (Å²) in [6.45, 7) is 1.64. The highest BCUT2D eigenvalue weighted by Crippen LogP contribution is 2.56. The van der Waals surface area contributed by atoms with Gasteiger partial charge in [0.05, 0.1) is 6.10 Å². The number of fused-ring (bicyclic) bond motifs is 1. The van der Waals surface area contributed by atoms with E-state index in [1.165, 1.54) is 44.1 Å². The highest BCUT2D eigenvalue weighted by Gasteiger charge is 2.66. The van der Waals surface area contributed by atoms with E-state index in [0.29, 0.717) is 23.9 Å². The summed E-state index contributed by atoms with van der Waals surface area (Å²) in [5, 5.41) is 26.1. The molecule has 1 aromatic rings. The van der Waals surface area contributed by atoms with Gasteiger partial charge in [-0.2, -0.15) is 0 Å². The van der Waals surface area contributed by atoms with Crippen molar-refractivity contribution in [2.45, 2.75) is 100 Å². The summed E-state index contributed by atoms with van der Waals surface area (Å²) >= 11 is 0. The summed E-state index contributed by atoms with van der Waals surface area (Å²) < 4.78 is 0. The molecule has 0 aromatic heterocycles. The lowest BCUT2D eigenvalue weighted by Crippen LogP contribution is -2.47. The van der Waals surface area contributed by atoms with Gasteiger partial charge < -0.3 is 15.5 Å². The van der Waals surface area contributed by atoms with E-state index >= 15 is 0 Å². The molecular formula is C28H40N2O3. The zero-order valence-electron chi connectivity index (χ0n) is 19.8. The minimum absolute atomic E-state index is 0.0799. The Hall–Kier alpha value is -1.27. The Bertz CT molecular complexity index is 860. The van der Waals surface area contributed by atoms with E-state index in [0.717, 1.165) is 57.0 Å². The van der Waals surface area contributed by atoms with Crippen LogP contribution in [0.5, 0.6) is 0 Å². The Morgan fingerprint density at radius 3 is 2.48 bits per heavy atom. The normalized spacial score (nSPS) is 40.4. The topological polar surface area (TPSA) is 72.6 Å². The van der Waals surface area contributed by atoms with E-state index in [-0.39, 0.29) is 17.4 Å². The van der Waals surface area contributed by atoms with E-state index in [1.807, 2.05) is 12.1 Å². The number of aldehydes is 1. The molecule has 3 N–H and O–H groups in total. The van der Waals surface area contributed by atoms with Gasteiger partial charge in [0.1, 0.15) is 12.0 Å². The summed E-state index contributed by atoms with van der Waals surface area (Å²) in [6.07, 6.45) is 13.7. The van der Waals surface area contributed by atoms with E-state index in [9.17, 15) is 15.0 Å². The minimum atomic E-state index is -0.655. The van der Waals surface area contributed by atoms with Gasteiger partial charge in [0.2, 0.25) is 0 Å². The van der Waals surface area contributed by atoms with Crippen LogP contribution in [0.2, 0.25) is 0 Å². The molecule has 2 aliphatic heterocycles. The van der Waals surface area contributed by atoms with Gasteiger partial charge in [0.25, 0.3) is 0 Å². The van der Waals surface area contributed by atoms with Crippen molar-refractivity contribution in [3.63, 3.8) is 0 Å². The summed E-state index contributed by atoms with van der Waals surface area (Å²) in [4.78, 5) is 13.5. The van der Waals surface area contributed by atoms with Crippen LogP contribution in [-0.4, -0.2) is 58.4 Å². The molecule has 2 saturated heterocycles. The van der Waals surface area contributed by atoms with Gasteiger partial charge in [0.15, 0.2) is 0 Å². The first-order chi connectivity index (χ1) is 16.0. The maximum Gasteiger partial charge on any atom is 0.150 e. The molecular weight excluding hydrogens is 412 g/mol. The number of nitrogens with one attached hydrogen (secondary N) is 1. The summed E-state index contributed by atoms with van der Waals surface area (Å²) in [5.41, 5.74) is 1.50. The van der Waals surface area contributed by atoms with Crippen molar-refractivity contribution in [1.82, 2.24) is 10.2 Å². The fourth-order valence-corrected chi connectivity index (χ4v) is 8.54. The lowest BCUT2D eigenvalue weighted by atomic mass is 9.76. The number of aliphatic hydroxyl groups is 2. The average Bonchev–Trinajstić information content (AvgIpc) is 3.35. The van der Waals surface area contributed by atoms with Gasteiger partial charge in [-0.15, -0.1) is 0 Å². The maximum atomic E-state index is 11.5. The predicted molar refractivity (Wildman–Crippen MR) is 128 cm³/mol. The third-order valence-corrected chi connectivity index (χ3v) is 10.4. The van der Waals surface area contributed by atoms with Gasteiger partial charge in [0, 0.05) is 48.0 Å². The van der Waals surface area contributed by atoms with E-state index in [2.05, 4.69) is 22.3 Å². The van der Waals surface area contributed by atoms with Crippen LogP contribution in [0.1, 0.15) is 92.5 Å². The number of benzene rings is 1. The number of nitrogens with zero attached hydrogens (tertiary/aromatic N) is 1. The molecule has 6 rings (SSSR count). The van der Waals surface area contributed by atoms with Gasteiger partial charge in [-0.3, -0.25) is 9.69 Å². The number of hydrogen-bond donors (Lipinski definition) is 3. The average molecular weight is 453 g/mol. The van der Waals surface area contributed by atoms with E-state index in [4.69, 9.17) is 0 Å². The van der Waals surface area contributed by atoms with Crippen LogP contribution in [0.25, 0.3) is 0 Å². The van der Waals surface area contributed by atoms with Crippen LogP contribution >= 0.6 is 0 Å². The molecule has 33 heavy (non-hydrogen) atoms. The number of carbonyl (C=O) groups is 1. The van der Waals surface area contributed by atoms with Crippen LogP contribution in [-0.2, 0) is 0 Å². The molecule has 2 heterocycles. The smallest absolute Gasteiger partial charge is 0.150 e. The maximum absolute atomic E-state index is 11.5. The molecule has 5 aliphatic rings. The Balaban J connectivity index is 1.19. The van der Waals surface area contributed by atoms with Crippen LogP contribution in [0.3, 0.4) is 0 Å². The Morgan fingerprint density at radius 1 is 1.06 bits per heavy atom. The molecule has 5 heteroatoms. The standard InChI is InChI=1S/C28H40N2O3/c31-17-19-7-9-21(10-8-19)26(20-5-1-2-6-20)23-15-22(28(33)18-30(23)28)16-29-24-11-12-25(32)27(24)13-3-4-14-27/h7-10,17,20,22-26,29,32-33H,1-6,11-16,18H2/t22-,23+,24-,25+,26+,28-,30?/m0/s1. The second-order valence-corrected chi connectivity index (χ2v) is 11.9. The zero-order chi connectivity index (χ0) is 22.6. The molecule has 180 valence electrons. The first kappa shape index (κ1) is 22.2. The Morgan fingerprint density at radius 2 is 1.79 bits per heavy atom. The van der Waals surface area contributed by atoms with Crippen molar-refractivity contribution in [3.05, 3.63) is 35.4 Å². The summed E-state index contributed by atoms with van der Waals surface area (Å²) in [6, 6.07) is 9.00. The highest BCUT2D eigenvalue weighted by molar-refractivity contribution is 5.74. The van der Waals surface area contributed by atoms with Gasteiger partial charge in [-0.25, -0.2) is 0 Å². The van der Waals surface area contributed by atoms with Gasteiger partial charge >= 0.3 is 0 Å². The fraction of sp³-hybridized carbons (Fsp3) is 0.750. The molecule has 3 aliphatic carbocycles. The monoisotopic (exact) mass is 452 g/mol. The third kappa shape index (κ3) is 3.62. The van der Waals surface area contributed by atoms with Crippen molar-refractivity contribution in [2.75, 3.05) is 13.1 Å². The quantitative estimate of drug-likeness (QED) is 0.433. The molecule has 1 spiro atoms. The number of hydrogen-bond acceptors (Lipinski definition) is 5. The van der Waals surface area contributed by atoms with Crippen LogP contribution in [0.4, 0.5) is 0 Å². The van der Waals surface area contributed by atoms with Crippen molar-refractivity contribution >= 4 is 6.29 Å². The van der Waals surface area contributed by atoms with E-state index < -0.39 is 5.72 Å². The zero-order valence-corrected chi connectivity index (χ0v) is 19.8. The van der Waals surface area contributed by atoms with Crippen molar-refractivity contribution in [1.29, 1.82) is 0 Å². The van der Waals surface area contributed by atoms with Crippen molar-refractivity contribution < 1.29 is 15.0 Å². The second-order valence-electron chi connectivity index (χ2n) is 11.9. The van der Waals surface area contributed by atoms with Crippen LogP contribution < -0.4 is 5.32 Å². The molecule has 0 amide bonds. The largest absolute Gasteiger partial charge is 0.392 e. The molecule has 1 unspecified atom stereocenters. The van der Waals surface area contributed by atoms with Crippen molar-refractivity contribution in [3.8, 4) is 0 Å². The third-order valence-electron chi connectivity index (χ3n) is 10.4. The molecule has 5 nitrogen and oxygen atoms in total. The number of carbonyl (C=O) groups excluding carboxylic acids is 1. The first-order valence-corrected chi connectivity index (χ1v) is 13.5. The second kappa shape index (κ2) is 8.44. The fourth-order valence-electron chi connectivity index (χ4n) is 8.54. The number of aliphatic hydroxyl groups excluding tert-OH is 1. The van der Waals surface area contributed by atoms with Gasteiger partial charge in [-0.1, -0.05) is 49.9 Å². The number of piperidine rings is 1. The van der Waals surface area contributed by atoms with Crippen molar-refractivity contribution in [2.24, 2.45) is 17.3 Å². The summed E-state index contributed by atoms with van der Waals surface area (Å²) in [7, 11) is 0. The van der Waals surface area contributed by atoms with Gasteiger partial charge in [-0.05, 0) is 56.4 Å². The lowest BCUT2D eigenvalue weighted by molar-refractivity contribution is 0.0328. The Labute approximate surface area is 197 Å². The molecule has 0 radical (unpaired) electrons. The first-order valence-electron chi connectivity index (χ1n) is 13.5. The number of rotatable bonds is 7. The lowest BCUT2D eigenvalue weighted by Gasteiger charge is -2.36. The molecule has 1 aromatic carbocycles. The van der Waals surface area contributed by atoms with Crippen LogP contribution in [0, 0.1) is 17.3 Å².